The fourth-order valence-corrected chi connectivity index (χ4v) is 4.63. The second-order valence-electron chi connectivity index (χ2n) is 7.80. The van der Waals surface area contributed by atoms with Crippen molar-refractivity contribution >= 4 is 5.82 Å². The van der Waals surface area contributed by atoms with Crippen molar-refractivity contribution in [3.8, 4) is 23.0 Å². The van der Waals surface area contributed by atoms with E-state index in [0.717, 1.165) is 53.9 Å². The molecule has 1 atom stereocenters. The third-order valence-electron chi connectivity index (χ3n) is 6.07. The van der Waals surface area contributed by atoms with E-state index in [1.807, 2.05) is 54.2 Å². The predicted octanol–water partition coefficient (Wildman–Crippen LogP) is 3.05. The van der Waals surface area contributed by atoms with Gasteiger partial charge in [-0.05, 0) is 26.7 Å². The van der Waals surface area contributed by atoms with Gasteiger partial charge in [-0.25, -0.2) is 9.97 Å². The highest BCUT2D eigenvalue weighted by molar-refractivity contribution is 5.65. The molecular weight excluding hydrogens is 364 g/mol. The number of benzene rings is 1. The lowest BCUT2D eigenvalue weighted by molar-refractivity contribution is 0.435. The van der Waals surface area contributed by atoms with Gasteiger partial charge in [-0.1, -0.05) is 30.3 Å². The minimum Gasteiger partial charge on any atom is -0.342 e. The first-order valence-electron chi connectivity index (χ1n) is 9.83. The minimum atomic E-state index is -0.197. The van der Waals surface area contributed by atoms with Gasteiger partial charge in [0.2, 0.25) is 5.95 Å². The highest BCUT2D eigenvalue weighted by atomic mass is 15.4. The number of imidazole rings is 1. The molecule has 1 fully saturated rings. The van der Waals surface area contributed by atoms with Crippen molar-refractivity contribution in [3.63, 3.8) is 0 Å². The van der Waals surface area contributed by atoms with E-state index in [2.05, 4.69) is 36.6 Å². The Bertz CT molecular complexity index is 1220. The van der Waals surface area contributed by atoms with E-state index in [4.69, 9.17) is 4.98 Å². The van der Waals surface area contributed by atoms with Gasteiger partial charge in [-0.15, -0.1) is 10.2 Å². The van der Waals surface area contributed by atoms with Crippen molar-refractivity contribution in [3.05, 3.63) is 60.6 Å². The van der Waals surface area contributed by atoms with Gasteiger partial charge in [0.1, 0.15) is 17.3 Å². The zero-order valence-electron chi connectivity index (χ0n) is 16.3. The summed E-state index contributed by atoms with van der Waals surface area (Å²) in [5.74, 6) is 4.20. The van der Waals surface area contributed by atoms with E-state index in [0.29, 0.717) is 5.95 Å². The van der Waals surface area contributed by atoms with E-state index < -0.39 is 0 Å². The Hall–Kier alpha value is -3.55. The summed E-state index contributed by atoms with van der Waals surface area (Å²) in [6, 6.07) is 10.1. The average Bonchev–Trinajstić information content (AvgIpc) is 3.47. The van der Waals surface area contributed by atoms with Crippen LogP contribution in [0.2, 0.25) is 0 Å². The molecule has 6 rings (SSSR count). The second-order valence-corrected chi connectivity index (χ2v) is 7.80. The molecule has 0 aliphatic carbocycles. The van der Waals surface area contributed by atoms with E-state index in [9.17, 15) is 0 Å². The maximum atomic E-state index is 5.01. The molecule has 0 amide bonds. The van der Waals surface area contributed by atoms with Crippen LogP contribution in [-0.4, -0.2) is 40.8 Å². The van der Waals surface area contributed by atoms with Crippen molar-refractivity contribution in [2.24, 2.45) is 0 Å². The Morgan fingerprint density at radius 2 is 1.93 bits per heavy atom. The number of anilines is 1. The van der Waals surface area contributed by atoms with Gasteiger partial charge in [-0.3, -0.25) is 9.13 Å². The van der Waals surface area contributed by atoms with Gasteiger partial charge in [-0.2, -0.15) is 4.98 Å². The third-order valence-corrected chi connectivity index (χ3v) is 6.07. The Balaban J connectivity index is 1.55. The Kier molecular flexibility index (Phi) is 3.24. The van der Waals surface area contributed by atoms with Gasteiger partial charge in [0.25, 0.3) is 0 Å². The summed E-state index contributed by atoms with van der Waals surface area (Å²) in [7, 11) is 0. The van der Waals surface area contributed by atoms with Gasteiger partial charge in [0.15, 0.2) is 11.6 Å². The molecule has 1 saturated heterocycles. The number of rotatable bonds is 2. The predicted molar refractivity (Wildman–Crippen MR) is 108 cm³/mol. The maximum Gasteiger partial charge on any atom is 0.237 e. The Morgan fingerprint density at radius 3 is 2.79 bits per heavy atom. The lowest BCUT2D eigenvalue weighted by atomic mass is 9.95. The molecule has 0 N–H and O–H groups in total. The quantitative estimate of drug-likeness (QED) is 0.529. The molecule has 3 aromatic heterocycles. The van der Waals surface area contributed by atoms with E-state index >= 15 is 0 Å². The number of aromatic nitrogens is 7. The van der Waals surface area contributed by atoms with Gasteiger partial charge in [0.05, 0.1) is 11.7 Å². The van der Waals surface area contributed by atoms with Gasteiger partial charge in [0, 0.05) is 24.5 Å². The van der Waals surface area contributed by atoms with Crippen molar-refractivity contribution in [1.29, 1.82) is 0 Å². The molecule has 8 heteroatoms. The smallest absolute Gasteiger partial charge is 0.237 e. The molecule has 0 bridgehead atoms. The summed E-state index contributed by atoms with van der Waals surface area (Å²) in [6.07, 6.45) is 7.70. The SMILES string of the molecule is Cc1nnc2n1-c1cnc(-n3ccnc3-c3ccccc3)nc1N1CCCC21C. The summed E-state index contributed by atoms with van der Waals surface area (Å²) >= 11 is 0. The van der Waals surface area contributed by atoms with Crippen molar-refractivity contribution in [1.82, 2.24) is 34.3 Å². The van der Waals surface area contributed by atoms with Crippen LogP contribution in [0.15, 0.2) is 48.9 Å². The number of aryl methyl sites for hydroxylation is 1. The maximum absolute atomic E-state index is 5.01. The molecule has 0 spiro atoms. The van der Waals surface area contributed by atoms with E-state index in [-0.39, 0.29) is 5.54 Å². The fourth-order valence-electron chi connectivity index (χ4n) is 4.63. The highest BCUT2D eigenvalue weighted by Crippen LogP contribution is 2.46. The normalized spacial score (nSPS) is 19.7. The van der Waals surface area contributed by atoms with Crippen molar-refractivity contribution in [2.45, 2.75) is 32.2 Å². The molecule has 1 aromatic carbocycles. The van der Waals surface area contributed by atoms with Crippen molar-refractivity contribution < 1.29 is 0 Å². The minimum absolute atomic E-state index is 0.197. The van der Waals surface area contributed by atoms with Crippen LogP contribution >= 0.6 is 0 Å². The van der Waals surface area contributed by atoms with Crippen LogP contribution < -0.4 is 4.90 Å². The van der Waals surface area contributed by atoms with Gasteiger partial charge >= 0.3 is 0 Å². The summed E-state index contributed by atoms with van der Waals surface area (Å²) in [5.41, 5.74) is 1.77. The van der Waals surface area contributed by atoms with Crippen LogP contribution in [0.25, 0.3) is 23.0 Å². The molecular formula is C21H20N8. The van der Waals surface area contributed by atoms with Crippen LogP contribution in [0.4, 0.5) is 5.82 Å². The zero-order valence-corrected chi connectivity index (χ0v) is 16.3. The second kappa shape index (κ2) is 5.73. The lowest BCUT2D eigenvalue weighted by Crippen LogP contribution is -2.45. The lowest BCUT2D eigenvalue weighted by Gasteiger charge is -2.40. The van der Waals surface area contributed by atoms with E-state index in [1.54, 1.807) is 6.20 Å². The highest BCUT2D eigenvalue weighted by Gasteiger charge is 2.48. The molecule has 8 nitrogen and oxygen atoms in total. The standard InChI is InChI=1S/C21H20N8/c1-14-25-26-19-21(2)9-6-11-28(21)18-16(29(14)19)13-23-20(24-18)27-12-10-22-17(27)15-7-4-3-5-8-15/h3-5,7-8,10,12-13H,6,9,11H2,1-2H3. The van der Waals surface area contributed by atoms with Crippen LogP contribution in [0.5, 0.6) is 0 Å². The molecule has 4 aromatic rings. The molecule has 144 valence electrons. The molecule has 2 aliphatic heterocycles. The number of fused-ring (bicyclic) bond motifs is 6. The molecule has 5 heterocycles. The monoisotopic (exact) mass is 384 g/mol. The average molecular weight is 384 g/mol. The topological polar surface area (TPSA) is 77.5 Å². The first-order valence-corrected chi connectivity index (χ1v) is 9.83. The molecule has 0 saturated carbocycles. The van der Waals surface area contributed by atoms with Crippen molar-refractivity contribution in [2.75, 3.05) is 11.4 Å². The molecule has 29 heavy (non-hydrogen) atoms. The summed E-state index contributed by atoms with van der Waals surface area (Å²) < 4.78 is 4.05. The molecule has 1 unspecified atom stereocenters. The number of hydrogen-bond acceptors (Lipinski definition) is 6. The molecule has 0 radical (unpaired) electrons. The fraction of sp³-hybridized carbons (Fsp3) is 0.286. The zero-order chi connectivity index (χ0) is 19.6. The largest absolute Gasteiger partial charge is 0.342 e. The number of hydrogen-bond donors (Lipinski definition) is 0. The Morgan fingerprint density at radius 1 is 1.07 bits per heavy atom. The molecule has 2 aliphatic rings. The summed E-state index contributed by atoms with van der Waals surface area (Å²) in [5, 5.41) is 8.84. The first kappa shape index (κ1) is 16.4. The number of nitrogens with zero attached hydrogens (tertiary/aromatic N) is 8. The van der Waals surface area contributed by atoms with Crippen LogP contribution in [-0.2, 0) is 5.54 Å². The summed E-state index contributed by atoms with van der Waals surface area (Å²) in [6.45, 7) is 5.16. The van der Waals surface area contributed by atoms with Crippen LogP contribution in [0, 0.1) is 6.92 Å². The van der Waals surface area contributed by atoms with E-state index in [1.165, 1.54) is 0 Å². The van der Waals surface area contributed by atoms with Crippen LogP contribution in [0.3, 0.4) is 0 Å². The van der Waals surface area contributed by atoms with Crippen LogP contribution in [0.1, 0.15) is 31.4 Å². The van der Waals surface area contributed by atoms with Gasteiger partial charge < -0.3 is 4.90 Å². The Labute approximate surface area is 167 Å². The summed E-state index contributed by atoms with van der Waals surface area (Å²) in [4.78, 5) is 16.6. The first-order chi connectivity index (χ1) is 14.2. The third kappa shape index (κ3) is 2.16.